The number of hydrogen-bond donors (Lipinski definition) is 1. The van der Waals surface area contributed by atoms with Crippen LogP contribution in [0.4, 0.5) is 0 Å². The van der Waals surface area contributed by atoms with Crippen LogP contribution >= 0.6 is 0 Å². The quantitative estimate of drug-likeness (QED) is 0.569. The average Bonchev–Trinajstić information content (AvgIpc) is 3.21. The van der Waals surface area contributed by atoms with Gasteiger partial charge in [-0.25, -0.2) is 13.4 Å². The molecule has 138 valence electrons. The van der Waals surface area contributed by atoms with Crippen LogP contribution in [0.2, 0.25) is 0 Å². The van der Waals surface area contributed by atoms with Gasteiger partial charge in [-0.05, 0) is 18.6 Å². The maximum atomic E-state index is 11.7. The summed E-state index contributed by atoms with van der Waals surface area (Å²) in [7, 11) is -3.07. The zero-order valence-corrected chi connectivity index (χ0v) is 16.1. The van der Waals surface area contributed by atoms with Crippen molar-refractivity contribution in [3.05, 3.63) is 66.5 Å². The number of benzene rings is 2. The number of aromatic nitrogens is 3. The van der Waals surface area contributed by atoms with Gasteiger partial charge in [-0.15, -0.1) is 0 Å². The molecule has 0 amide bonds. The van der Waals surface area contributed by atoms with E-state index in [-0.39, 0.29) is 5.75 Å². The van der Waals surface area contributed by atoms with Gasteiger partial charge in [0.25, 0.3) is 0 Å². The predicted octanol–water partition coefficient (Wildman–Crippen LogP) is 4.05. The van der Waals surface area contributed by atoms with E-state index in [4.69, 9.17) is 0 Å². The molecule has 0 saturated carbocycles. The zero-order valence-electron chi connectivity index (χ0n) is 15.3. The fraction of sp³-hybridized carbons (Fsp3) is 0.190. The molecule has 0 unspecified atom stereocenters. The van der Waals surface area contributed by atoms with Gasteiger partial charge >= 0.3 is 0 Å². The second-order valence-electron chi connectivity index (χ2n) is 6.80. The molecule has 0 aliphatic rings. The molecule has 0 radical (unpaired) electrons. The van der Waals surface area contributed by atoms with E-state index in [1.165, 1.54) is 6.26 Å². The fourth-order valence-corrected chi connectivity index (χ4v) is 3.93. The van der Waals surface area contributed by atoms with Gasteiger partial charge in [-0.1, -0.05) is 48.5 Å². The normalized spacial score (nSPS) is 11.9. The minimum atomic E-state index is -3.07. The van der Waals surface area contributed by atoms with Gasteiger partial charge in [0.15, 0.2) is 0 Å². The Balaban J connectivity index is 1.92. The molecule has 27 heavy (non-hydrogen) atoms. The summed E-state index contributed by atoms with van der Waals surface area (Å²) in [5.74, 6) is 0.0733. The second-order valence-corrected chi connectivity index (χ2v) is 9.06. The van der Waals surface area contributed by atoms with Crippen molar-refractivity contribution in [3.63, 3.8) is 0 Å². The molecule has 2 aromatic heterocycles. The van der Waals surface area contributed by atoms with Gasteiger partial charge in [0.1, 0.15) is 9.84 Å². The van der Waals surface area contributed by atoms with Crippen molar-refractivity contribution in [2.75, 3.05) is 12.0 Å². The number of fused-ring (bicyclic) bond motifs is 1. The molecule has 0 spiro atoms. The molecule has 6 heteroatoms. The lowest BCUT2D eigenvalue weighted by Crippen LogP contribution is -2.11. The van der Waals surface area contributed by atoms with E-state index >= 15 is 0 Å². The Morgan fingerprint density at radius 3 is 2.44 bits per heavy atom. The molecule has 4 aromatic rings. The number of aryl methyl sites for hydroxylation is 2. The van der Waals surface area contributed by atoms with Crippen LogP contribution < -0.4 is 0 Å². The maximum absolute atomic E-state index is 11.7. The van der Waals surface area contributed by atoms with Crippen molar-refractivity contribution >= 4 is 20.7 Å². The van der Waals surface area contributed by atoms with E-state index in [0.29, 0.717) is 6.54 Å². The molecular weight excluding hydrogens is 358 g/mol. The van der Waals surface area contributed by atoms with Gasteiger partial charge in [0.05, 0.1) is 29.2 Å². The highest BCUT2D eigenvalue weighted by Gasteiger charge is 2.20. The van der Waals surface area contributed by atoms with Crippen molar-refractivity contribution < 1.29 is 8.42 Å². The van der Waals surface area contributed by atoms with Crippen molar-refractivity contribution in [1.29, 1.82) is 0 Å². The zero-order chi connectivity index (χ0) is 19.0. The SMILES string of the molecule is Cc1c(-c2c(-c3ccccc3)ncn2CCS(C)(=O)=O)[nH]c2ccccc12. The van der Waals surface area contributed by atoms with Crippen LogP contribution in [0.1, 0.15) is 5.56 Å². The van der Waals surface area contributed by atoms with Crippen LogP contribution in [0.5, 0.6) is 0 Å². The first-order chi connectivity index (χ1) is 12.9. The Kier molecular flexibility index (Phi) is 4.36. The Hall–Kier alpha value is -2.86. The molecule has 1 N–H and O–H groups in total. The Labute approximate surface area is 158 Å². The molecular formula is C21H21N3O2S. The lowest BCUT2D eigenvalue weighted by atomic mass is 10.1. The number of nitrogens with one attached hydrogen (secondary N) is 1. The van der Waals surface area contributed by atoms with Gasteiger partial charge < -0.3 is 9.55 Å². The Morgan fingerprint density at radius 1 is 1.04 bits per heavy atom. The highest BCUT2D eigenvalue weighted by molar-refractivity contribution is 7.90. The molecule has 2 aromatic carbocycles. The molecule has 5 nitrogen and oxygen atoms in total. The van der Waals surface area contributed by atoms with E-state index in [2.05, 4.69) is 23.0 Å². The predicted molar refractivity (Wildman–Crippen MR) is 109 cm³/mol. The summed E-state index contributed by atoms with van der Waals surface area (Å²) in [5.41, 5.74) is 5.92. The first-order valence-corrected chi connectivity index (χ1v) is 10.9. The van der Waals surface area contributed by atoms with E-state index in [0.717, 1.165) is 39.1 Å². The molecule has 2 heterocycles. The van der Waals surface area contributed by atoms with Crippen molar-refractivity contribution in [2.45, 2.75) is 13.5 Å². The van der Waals surface area contributed by atoms with Crippen LogP contribution in [0.25, 0.3) is 33.5 Å². The van der Waals surface area contributed by atoms with E-state index in [1.54, 1.807) is 6.33 Å². The summed E-state index contributed by atoms with van der Waals surface area (Å²) in [4.78, 5) is 8.13. The third kappa shape index (κ3) is 3.40. The summed E-state index contributed by atoms with van der Waals surface area (Å²) in [6.07, 6.45) is 2.99. The molecule has 0 aliphatic heterocycles. The smallest absolute Gasteiger partial charge is 0.149 e. The summed E-state index contributed by atoms with van der Waals surface area (Å²) in [6, 6.07) is 18.1. The maximum Gasteiger partial charge on any atom is 0.149 e. The van der Waals surface area contributed by atoms with E-state index in [9.17, 15) is 8.42 Å². The van der Waals surface area contributed by atoms with Gasteiger partial charge in [-0.2, -0.15) is 0 Å². The van der Waals surface area contributed by atoms with Crippen molar-refractivity contribution in [1.82, 2.24) is 14.5 Å². The van der Waals surface area contributed by atoms with Gasteiger partial charge in [0.2, 0.25) is 0 Å². The largest absolute Gasteiger partial charge is 0.353 e. The minimum absolute atomic E-state index is 0.0733. The fourth-order valence-electron chi connectivity index (χ4n) is 3.40. The second kappa shape index (κ2) is 6.70. The lowest BCUT2D eigenvalue weighted by Gasteiger charge is -2.10. The highest BCUT2D eigenvalue weighted by atomic mass is 32.2. The van der Waals surface area contributed by atoms with Crippen LogP contribution in [-0.2, 0) is 16.4 Å². The highest BCUT2D eigenvalue weighted by Crippen LogP contribution is 2.35. The summed E-state index contributed by atoms with van der Waals surface area (Å²) >= 11 is 0. The first kappa shape index (κ1) is 17.5. The van der Waals surface area contributed by atoms with Crippen LogP contribution in [0.3, 0.4) is 0 Å². The third-order valence-corrected chi connectivity index (χ3v) is 5.71. The summed E-state index contributed by atoms with van der Waals surface area (Å²) in [5, 5.41) is 1.15. The molecule has 0 aliphatic carbocycles. The third-order valence-electron chi connectivity index (χ3n) is 4.79. The summed E-state index contributed by atoms with van der Waals surface area (Å²) in [6.45, 7) is 2.44. The standard InChI is InChI=1S/C21H21N3O2S/c1-15-17-10-6-7-11-18(17)23-19(15)21-20(16-8-4-3-5-9-16)22-14-24(21)12-13-27(2,25)26/h3-11,14,23H,12-13H2,1-2H3. The first-order valence-electron chi connectivity index (χ1n) is 8.80. The van der Waals surface area contributed by atoms with Crippen molar-refractivity contribution in [3.8, 4) is 22.6 Å². The molecule has 0 saturated heterocycles. The topological polar surface area (TPSA) is 67.8 Å². The minimum Gasteiger partial charge on any atom is -0.353 e. The molecule has 0 atom stereocenters. The van der Waals surface area contributed by atoms with Gasteiger partial charge in [0, 0.05) is 29.3 Å². The monoisotopic (exact) mass is 379 g/mol. The van der Waals surface area contributed by atoms with Crippen LogP contribution in [-0.4, -0.2) is 35.0 Å². The Bertz CT molecular complexity index is 1200. The number of H-pyrrole nitrogens is 1. The molecule has 0 fully saturated rings. The van der Waals surface area contributed by atoms with E-state index < -0.39 is 9.84 Å². The summed E-state index contributed by atoms with van der Waals surface area (Å²) < 4.78 is 25.3. The number of para-hydroxylation sites is 1. The Morgan fingerprint density at radius 2 is 1.74 bits per heavy atom. The van der Waals surface area contributed by atoms with Crippen LogP contribution in [0, 0.1) is 6.92 Å². The van der Waals surface area contributed by atoms with E-state index in [1.807, 2.05) is 53.1 Å². The number of hydrogen-bond acceptors (Lipinski definition) is 3. The number of imidazole rings is 1. The number of rotatable bonds is 5. The van der Waals surface area contributed by atoms with Crippen molar-refractivity contribution in [2.24, 2.45) is 0 Å². The molecule has 0 bridgehead atoms. The lowest BCUT2D eigenvalue weighted by molar-refractivity contribution is 0.595. The molecule has 4 rings (SSSR count). The van der Waals surface area contributed by atoms with Crippen LogP contribution in [0.15, 0.2) is 60.9 Å². The number of aromatic amines is 1. The number of nitrogens with zero attached hydrogens (tertiary/aromatic N) is 2. The average molecular weight is 379 g/mol. The van der Waals surface area contributed by atoms with Gasteiger partial charge in [-0.3, -0.25) is 0 Å². The number of sulfone groups is 1.